The number of methoxy groups -OCH3 is 1. The van der Waals surface area contributed by atoms with Gasteiger partial charge in [0.2, 0.25) is 0 Å². The maximum atomic E-state index is 12.2. The maximum absolute atomic E-state index is 12.2. The number of hydrogen-bond donors (Lipinski definition) is 1. The highest BCUT2D eigenvalue weighted by atomic mass is 32.1. The highest BCUT2D eigenvalue weighted by Gasteiger charge is 2.25. The van der Waals surface area contributed by atoms with Crippen LogP contribution in [-0.2, 0) is 7.05 Å². The minimum atomic E-state index is -0.100. The van der Waals surface area contributed by atoms with Gasteiger partial charge in [-0.2, -0.15) is 5.10 Å². The first kappa shape index (κ1) is 14.8. The highest BCUT2D eigenvalue weighted by Crippen LogP contribution is 2.28. The first-order valence-electron chi connectivity index (χ1n) is 7.21. The molecule has 0 radical (unpaired) electrons. The second-order valence-corrected chi connectivity index (χ2v) is 6.29. The van der Waals surface area contributed by atoms with Gasteiger partial charge in [-0.25, -0.2) is 9.78 Å². The van der Waals surface area contributed by atoms with Crippen molar-refractivity contribution in [2.45, 2.75) is 18.8 Å². The molecule has 2 aromatic rings. The third-order valence-corrected chi connectivity index (χ3v) is 4.71. The molecule has 0 aliphatic carbocycles. The molecule has 118 valence electrons. The molecule has 0 aromatic carbocycles. The number of nitrogens with one attached hydrogen (secondary N) is 1. The van der Waals surface area contributed by atoms with Crippen LogP contribution in [-0.4, -0.2) is 45.9 Å². The third kappa shape index (κ3) is 3.22. The Bertz CT molecular complexity index is 645. The number of ether oxygens (including phenoxy) is 1. The Hall–Kier alpha value is -2.09. The summed E-state index contributed by atoms with van der Waals surface area (Å²) < 4.78 is 6.89. The zero-order valence-corrected chi connectivity index (χ0v) is 13.5. The third-order valence-electron chi connectivity index (χ3n) is 3.83. The van der Waals surface area contributed by atoms with Gasteiger partial charge in [-0.15, -0.1) is 0 Å². The normalized spacial score (nSPS) is 15.8. The van der Waals surface area contributed by atoms with Crippen LogP contribution < -0.4 is 10.1 Å². The van der Waals surface area contributed by atoms with E-state index in [1.165, 1.54) is 11.3 Å². The number of rotatable bonds is 3. The predicted molar refractivity (Wildman–Crippen MR) is 84.4 cm³/mol. The maximum Gasteiger partial charge on any atom is 0.323 e. The fourth-order valence-corrected chi connectivity index (χ4v) is 3.23. The lowest BCUT2D eigenvalue weighted by Crippen LogP contribution is -2.40. The van der Waals surface area contributed by atoms with Gasteiger partial charge >= 0.3 is 6.03 Å². The summed E-state index contributed by atoms with van der Waals surface area (Å²) >= 11 is 1.32. The standard InChI is InChI=1S/C14H19N5O2S/c1-18-6-5-11(17-18)10-3-7-19(8-4-10)14(20)16-13-15-9-12(21-2)22-13/h5-6,9-10H,3-4,7-8H2,1-2H3,(H,15,16,20). The molecule has 1 aliphatic heterocycles. The van der Waals surface area contributed by atoms with Gasteiger partial charge in [0.1, 0.15) is 0 Å². The average molecular weight is 321 g/mol. The fraction of sp³-hybridized carbons (Fsp3) is 0.500. The molecular formula is C14H19N5O2S. The Balaban J connectivity index is 1.53. The minimum Gasteiger partial charge on any atom is -0.486 e. The number of piperidine rings is 1. The lowest BCUT2D eigenvalue weighted by atomic mass is 9.94. The topological polar surface area (TPSA) is 72.3 Å². The second kappa shape index (κ2) is 6.35. The number of hydrogen-bond acceptors (Lipinski definition) is 5. The molecule has 1 fully saturated rings. The summed E-state index contributed by atoms with van der Waals surface area (Å²) in [5.74, 6) is 0.435. The van der Waals surface area contributed by atoms with Crippen molar-refractivity contribution in [3.63, 3.8) is 0 Å². The summed E-state index contributed by atoms with van der Waals surface area (Å²) in [5, 5.41) is 8.53. The number of carbonyl (C=O) groups is 1. The predicted octanol–water partition coefficient (Wildman–Crippen LogP) is 2.30. The van der Waals surface area contributed by atoms with E-state index in [0.29, 0.717) is 16.1 Å². The van der Waals surface area contributed by atoms with E-state index in [-0.39, 0.29) is 6.03 Å². The van der Waals surface area contributed by atoms with E-state index in [0.717, 1.165) is 31.6 Å². The van der Waals surface area contributed by atoms with Gasteiger partial charge < -0.3 is 9.64 Å². The van der Waals surface area contributed by atoms with Gasteiger partial charge in [0, 0.05) is 32.3 Å². The van der Waals surface area contributed by atoms with Crippen molar-refractivity contribution in [1.82, 2.24) is 19.7 Å². The van der Waals surface area contributed by atoms with Crippen LogP contribution in [0.3, 0.4) is 0 Å². The van der Waals surface area contributed by atoms with E-state index in [1.54, 1.807) is 13.3 Å². The van der Waals surface area contributed by atoms with E-state index >= 15 is 0 Å². The van der Waals surface area contributed by atoms with Gasteiger partial charge in [-0.1, -0.05) is 11.3 Å². The van der Waals surface area contributed by atoms with Crippen LogP contribution in [0.2, 0.25) is 0 Å². The highest BCUT2D eigenvalue weighted by molar-refractivity contribution is 7.17. The van der Waals surface area contributed by atoms with Crippen molar-refractivity contribution in [2.75, 3.05) is 25.5 Å². The summed E-state index contributed by atoms with van der Waals surface area (Å²) in [7, 11) is 3.51. The number of thiazole rings is 1. The Morgan fingerprint density at radius 2 is 2.23 bits per heavy atom. The van der Waals surface area contributed by atoms with Crippen molar-refractivity contribution in [2.24, 2.45) is 7.05 Å². The molecular weight excluding hydrogens is 302 g/mol. The number of carbonyl (C=O) groups excluding carboxylic acids is 1. The van der Waals surface area contributed by atoms with Crippen LogP contribution in [0.4, 0.5) is 9.93 Å². The zero-order chi connectivity index (χ0) is 15.5. The Labute approximate surface area is 132 Å². The van der Waals surface area contributed by atoms with Crippen LogP contribution in [0, 0.1) is 0 Å². The second-order valence-electron chi connectivity index (χ2n) is 5.29. The molecule has 1 N–H and O–H groups in total. The van der Waals surface area contributed by atoms with Crippen molar-refractivity contribution in [3.8, 4) is 5.06 Å². The number of urea groups is 1. The quantitative estimate of drug-likeness (QED) is 0.941. The van der Waals surface area contributed by atoms with E-state index in [2.05, 4.69) is 21.5 Å². The molecule has 2 amide bonds. The first-order chi connectivity index (χ1) is 10.7. The van der Waals surface area contributed by atoms with Gasteiger partial charge in [0.25, 0.3) is 0 Å². The van der Waals surface area contributed by atoms with Gasteiger partial charge in [0.15, 0.2) is 10.2 Å². The SMILES string of the molecule is COc1cnc(NC(=O)N2CCC(c3ccn(C)n3)CC2)s1. The molecule has 2 aromatic heterocycles. The van der Waals surface area contributed by atoms with E-state index in [4.69, 9.17) is 4.74 Å². The van der Waals surface area contributed by atoms with Crippen LogP contribution in [0.25, 0.3) is 0 Å². The summed E-state index contributed by atoms with van der Waals surface area (Å²) in [6.45, 7) is 1.46. The zero-order valence-electron chi connectivity index (χ0n) is 12.7. The van der Waals surface area contributed by atoms with Crippen LogP contribution in [0.1, 0.15) is 24.5 Å². The van der Waals surface area contributed by atoms with Crippen LogP contribution in [0.5, 0.6) is 5.06 Å². The molecule has 0 atom stereocenters. The lowest BCUT2D eigenvalue weighted by molar-refractivity contribution is 0.194. The summed E-state index contributed by atoms with van der Waals surface area (Å²) in [5.41, 5.74) is 1.12. The van der Waals surface area contributed by atoms with Crippen LogP contribution in [0.15, 0.2) is 18.5 Å². The number of nitrogens with zero attached hydrogens (tertiary/aromatic N) is 4. The lowest BCUT2D eigenvalue weighted by Gasteiger charge is -2.30. The Kier molecular flexibility index (Phi) is 4.28. The van der Waals surface area contributed by atoms with Crippen molar-refractivity contribution in [1.29, 1.82) is 0 Å². The number of anilines is 1. The van der Waals surface area contributed by atoms with Gasteiger partial charge in [0.05, 0.1) is 19.0 Å². The Morgan fingerprint density at radius 3 is 2.82 bits per heavy atom. The summed E-state index contributed by atoms with van der Waals surface area (Å²) in [6.07, 6.45) is 5.44. The van der Waals surface area contributed by atoms with Gasteiger partial charge in [-0.3, -0.25) is 10.00 Å². The molecule has 0 unspecified atom stereocenters. The largest absolute Gasteiger partial charge is 0.486 e. The average Bonchev–Trinajstić information content (AvgIpc) is 3.16. The van der Waals surface area contributed by atoms with E-state index < -0.39 is 0 Å². The fourth-order valence-electron chi connectivity index (χ4n) is 2.61. The first-order valence-corrected chi connectivity index (χ1v) is 8.02. The van der Waals surface area contributed by atoms with E-state index in [1.807, 2.05) is 22.8 Å². The molecule has 0 bridgehead atoms. The molecule has 0 saturated carbocycles. The van der Waals surface area contributed by atoms with Crippen LogP contribution >= 0.6 is 11.3 Å². The summed E-state index contributed by atoms with van der Waals surface area (Å²) in [6, 6.07) is 1.96. The monoisotopic (exact) mass is 321 g/mol. The van der Waals surface area contributed by atoms with Crippen molar-refractivity contribution < 1.29 is 9.53 Å². The molecule has 22 heavy (non-hydrogen) atoms. The number of aromatic nitrogens is 3. The number of aryl methyl sites for hydroxylation is 1. The van der Waals surface area contributed by atoms with E-state index in [9.17, 15) is 4.79 Å². The number of amides is 2. The van der Waals surface area contributed by atoms with Gasteiger partial charge in [-0.05, 0) is 18.9 Å². The molecule has 1 aliphatic rings. The molecule has 1 saturated heterocycles. The molecule has 7 nitrogen and oxygen atoms in total. The summed E-state index contributed by atoms with van der Waals surface area (Å²) in [4.78, 5) is 18.2. The molecule has 0 spiro atoms. The number of likely N-dealkylation sites (tertiary alicyclic amines) is 1. The molecule has 8 heteroatoms. The molecule has 3 rings (SSSR count). The molecule has 3 heterocycles. The van der Waals surface area contributed by atoms with Crippen molar-refractivity contribution in [3.05, 3.63) is 24.2 Å². The van der Waals surface area contributed by atoms with Crippen molar-refractivity contribution >= 4 is 22.5 Å². The smallest absolute Gasteiger partial charge is 0.323 e. The minimum absolute atomic E-state index is 0.100. The Morgan fingerprint density at radius 1 is 1.45 bits per heavy atom.